The van der Waals surface area contributed by atoms with E-state index in [9.17, 15) is 0 Å². The average Bonchev–Trinajstić information content (AvgIpc) is 3.28. The van der Waals surface area contributed by atoms with Crippen LogP contribution in [0.4, 0.5) is 0 Å². The second-order valence-corrected chi connectivity index (χ2v) is 6.59. The van der Waals surface area contributed by atoms with Gasteiger partial charge in [0.1, 0.15) is 5.60 Å². The van der Waals surface area contributed by atoms with Gasteiger partial charge < -0.3 is 9.30 Å². The van der Waals surface area contributed by atoms with Crippen molar-refractivity contribution >= 4 is 11.6 Å². The first kappa shape index (κ1) is 15.9. The summed E-state index contributed by atoms with van der Waals surface area (Å²) in [5, 5.41) is 9.86. The Bertz CT molecular complexity index is 929. The van der Waals surface area contributed by atoms with Crippen molar-refractivity contribution in [2.24, 2.45) is 0 Å². The van der Waals surface area contributed by atoms with Gasteiger partial charge in [-0.05, 0) is 41.0 Å². The van der Waals surface area contributed by atoms with Crippen molar-refractivity contribution in [3.8, 4) is 6.07 Å². The van der Waals surface area contributed by atoms with E-state index < -0.39 is 5.60 Å². The number of benzene rings is 2. The molecule has 2 aromatic carbocycles. The fourth-order valence-corrected chi connectivity index (χ4v) is 3.60. The van der Waals surface area contributed by atoms with Crippen LogP contribution in [0.2, 0.25) is 5.02 Å². The van der Waals surface area contributed by atoms with Gasteiger partial charge in [-0.2, -0.15) is 5.26 Å². The lowest BCUT2D eigenvalue weighted by Crippen LogP contribution is -2.28. The van der Waals surface area contributed by atoms with Crippen LogP contribution in [-0.4, -0.2) is 9.55 Å². The minimum Gasteiger partial charge on any atom is -0.361 e. The van der Waals surface area contributed by atoms with Gasteiger partial charge in [0.15, 0.2) is 0 Å². The number of nitriles is 1. The highest BCUT2D eigenvalue weighted by molar-refractivity contribution is 6.30. The summed E-state index contributed by atoms with van der Waals surface area (Å²) < 4.78 is 8.39. The lowest BCUT2D eigenvalue weighted by molar-refractivity contribution is -0.0145. The number of imidazole rings is 1. The Balaban J connectivity index is 1.78. The molecule has 0 N–H and O–H groups in total. The van der Waals surface area contributed by atoms with Crippen LogP contribution in [-0.2, 0) is 23.5 Å². The van der Waals surface area contributed by atoms with Crippen LogP contribution >= 0.6 is 11.6 Å². The lowest BCUT2D eigenvalue weighted by Gasteiger charge is -2.31. The van der Waals surface area contributed by atoms with Gasteiger partial charge in [-0.15, -0.1) is 0 Å². The standard InChI is InChI=1S/C20H16ClN3O/c21-18-4-2-17(3-5-18)20(7-9-24-10-8-23-14-24)19-6-1-15(12-22)11-16(19)13-25-20/h1-6,8,10-11,14H,7,9,13H2. The smallest absolute Gasteiger partial charge is 0.121 e. The quantitative estimate of drug-likeness (QED) is 0.706. The molecule has 0 amide bonds. The summed E-state index contributed by atoms with van der Waals surface area (Å²) in [7, 11) is 0. The van der Waals surface area contributed by atoms with Crippen molar-refractivity contribution < 1.29 is 4.74 Å². The molecule has 1 unspecified atom stereocenters. The second-order valence-electron chi connectivity index (χ2n) is 6.16. The first-order chi connectivity index (χ1) is 12.2. The SMILES string of the molecule is N#Cc1ccc2c(c1)COC2(CCn1ccnc1)c1ccc(Cl)cc1. The van der Waals surface area contributed by atoms with E-state index in [2.05, 4.69) is 11.1 Å². The molecule has 0 spiro atoms. The van der Waals surface area contributed by atoms with Crippen LogP contribution in [0.1, 0.15) is 28.7 Å². The van der Waals surface area contributed by atoms with E-state index in [1.807, 2.05) is 59.6 Å². The number of aryl methyl sites for hydroxylation is 1. The van der Waals surface area contributed by atoms with Crippen LogP contribution in [0, 0.1) is 11.3 Å². The number of ether oxygens (including phenoxy) is 1. The summed E-state index contributed by atoms with van der Waals surface area (Å²) in [6.07, 6.45) is 6.30. The maximum absolute atomic E-state index is 9.16. The molecule has 0 saturated carbocycles. The second kappa shape index (κ2) is 6.36. The highest BCUT2D eigenvalue weighted by Crippen LogP contribution is 2.45. The molecule has 1 aliphatic heterocycles. The molecular formula is C20H16ClN3O. The minimum atomic E-state index is -0.543. The summed E-state index contributed by atoms with van der Waals surface area (Å²) in [4.78, 5) is 4.11. The zero-order valence-corrected chi connectivity index (χ0v) is 14.3. The molecule has 1 atom stereocenters. The molecule has 0 aliphatic carbocycles. The maximum atomic E-state index is 9.16. The number of rotatable bonds is 4. The average molecular weight is 350 g/mol. The van der Waals surface area contributed by atoms with E-state index in [1.54, 1.807) is 6.20 Å². The van der Waals surface area contributed by atoms with E-state index >= 15 is 0 Å². The van der Waals surface area contributed by atoms with Crippen LogP contribution in [0.5, 0.6) is 0 Å². The zero-order valence-electron chi connectivity index (χ0n) is 13.5. The van der Waals surface area contributed by atoms with E-state index in [-0.39, 0.29) is 0 Å². The largest absolute Gasteiger partial charge is 0.361 e. The van der Waals surface area contributed by atoms with Crippen molar-refractivity contribution in [1.29, 1.82) is 5.26 Å². The van der Waals surface area contributed by atoms with Gasteiger partial charge in [-0.3, -0.25) is 0 Å². The normalized spacial score (nSPS) is 18.7. The molecule has 4 nitrogen and oxygen atoms in total. The molecule has 1 aliphatic rings. The number of hydrogen-bond donors (Lipinski definition) is 0. The van der Waals surface area contributed by atoms with Crippen LogP contribution < -0.4 is 0 Å². The molecule has 0 radical (unpaired) electrons. The van der Waals surface area contributed by atoms with Gasteiger partial charge in [0, 0.05) is 30.4 Å². The third-order valence-electron chi connectivity index (χ3n) is 4.74. The van der Waals surface area contributed by atoms with E-state index in [1.165, 1.54) is 0 Å². The topological polar surface area (TPSA) is 50.8 Å². The molecule has 4 rings (SSSR count). The zero-order chi connectivity index (χ0) is 17.3. The van der Waals surface area contributed by atoms with Crippen LogP contribution in [0.25, 0.3) is 0 Å². The predicted molar refractivity (Wildman–Crippen MR) is 95.0 cm³/mol. The molecule has 3 aromatic rings. The highest BCUT2D eigenvalue weighted by Gasteiger charge is 2.41. The Morgan fingerprint density at radius 2 is 2.08 bits per heavy atom. The Hall–Kier alpha value is -2.61. The Labute approximate surface area is 151 Å². The van der Waals surface area contributed by atoms with E-state index in [4.69, 9.17) is 21.6 Å². The van der Waals surface area contributed by atoms with Crippen LogP contribution in [0.15, 0.2) is 61.2 Å². The van der Waals surface area contributed by atoms with Crippen LogP contribution in [0.3, 0.4) is 0 Å². The molecule has 25 heavy (non-hydrogen) atoms. The number of hydrogen-bond acceptors (Lipinski definition) is 3. The van der Waals surface area contributed by atoms with Crippen molar-refractivity contribution in [3.05, 3.63) is 88.5 Å². The monoisotopic (exact) mass is 349 g/mol. The first-order valence-corrected chi connectivity index (χ1v) is 8.48. The Morgan fingerprint density at radius 1 is 1.24 bits per heavy atom. The fraction of sp³-hybridized carbons (Fsp3) is 0.200. The van der Waals surface area contributed by atoms with Gasteiger partial charge >= 0.3 is 0 Å². The summed E-state index contributed by atoms with van der Waals surface area (Å²) in [6.45, 7) is 1.28. The maximum Gasteiger partial charge on any atom is 0.121 e. The summed E-state index contributed by atoms with van der Waals surface area (Å²) in [5.41, 5.74) is 3.37. The Morgan fingerprint density at radius 3 is 2.80 bits per heavy atom. The summed E-state index contributed by atoms with van der Waals surface area (Å²) in [6, 6.07) is 15.8. The number of nitrogens with zero attached hydrogens (tertiary/aromatic N) is 3. The number of fused-ring (bicyclic) bond motifs is 1. The van der Waals surface area contributed by atoms with Crippen molar-refractivity contribution in [1.82, 2.24) is 9.55 Å². The van der Waals surface area contributed by atoms with Gasteiger partial charge in [0.05, 0.1) is 24.6 Å². The molecule has 5 heteroatoms. The van der Waals surface area contributed by atoms with Gasteiger partial charge in [0.2, 0.25) is 0 Å². The fourth-order valence-electron chi connectivity index (χ4n) is 3.47. The van der Waals surface area contributed by atoms with Gasteiger partial charge in [-0.25, -0.2) is 4.98 Å². The van der Waals surface area contributed by atoms with E-state index in [0.717, 1.165) is 29.7 Å². The third-order valence-corrected chi connectivity index (χ3v) is 4.99. The van der Waals surface area contributed by atoms with Crippen molar-refractivity contribution in [2.75, 3.05) is 0 Å². The van der Waals surface area contributed by atoms with Gasteiger partial charge in [0.25, 0.3) is 0 Å². The number of halogens is 1. The van der Waals surface area contributed by atoms with Crippen molar-refractivity contribution in [2.45, 2.75) is 25.2 Å². The highest BCUT2D eigenvalue weighted by atomic mass is 35.5. The molecule has 0 saturated heterocycles. The molecule has 0 bridgehead atoms. The lowest BCUT2D eigenvalue weighted by atomic mass is 9.82. The van der Waals surface area contributed by atoms with Gasteiger partial charge in [-0.1, -0.05) is 29.8 Å². The Kier molecular flexibility index (Phi) is 4.04. The van der Waals surface area contributed by atoms with E-state index in [0.29, 0.717) is 17.2 Å². The third kappa shape index (κ3) is 2.82. The molecule has 0 fully saturated rings. The minimum absolute atomic E-state index is 0.497. The summed E-state index contributed by atoms with van der Waals surface area (Å²) in [5.74, 6) is 0. The first-order valence-electron chi connectivity index (χ1n) is 8.10. The van der Waals surface area contributed by atoms with Crippen molar-refractivity contribution in [3.63, 3.8) is 0 Å². The molecule has 124 valence electrons. The molecular weight excluding hydrogens is 334 g/mol. The molecule has 1 aromatic heterocycles. The molecule has 2 heterocycles. The summed E-state index contributed by atoms with van der Waals surface area (Å²) >= 11 is 6.07. The predicted octanol–water partition coefficient (Wildman–Crippen LogP) is 4.27. The number of aromatic nitrogens is 2.